The van der Waals surface area contributed by atoms with E-state index in [0.717, 1.165) is 42.0 Å². The van der Waals surface area contributed by atoms with Gasteiger partial charge < -0.3 is 4.90 Å². The number of benzene rings is 3. The summed E-state index contributed by atoms with van der Waals surface area (Å²) in [6.07, 6.45) is 4.28. The zero-order valence-corrected chi connectivity index (χ0v) is 29.3. The number of pyridine rings is 1. The second kappa shape index (κ2) is 17.7. The van der Waals surface area contributed by atoms with Gasteiger partial charge in [-0.2, -0.15) is 0 Å². The van der Waals surface area contributed by atoms with Gasteiger partial charge in [0.1, 0.15) is 0 Å². The highest BCUT2D eigenvalue weighted by Crippen LogP contribution is 2.36. The van der Waals surface area contributed by atoms with E-state index in [2.05, 4.69) is 105 Å². The summed E-state index contributed by atoms with van der Waals surface area (Å²) < 4.78 is 0. The number of para-hydroxylation sites is 1. The molecule has 240 valence electrons. The maximum absolute atomic E-state index is 8.81. The summed E-state index contributed by atoms with van der Waals surface area (Å²) >= 11 is 0. The van der Waals surface area contributed by atoms with Crippen LogP contribution in [-0.4, -0.2) is 34.7 Å². The minimum absolute atomic E-state index is 0.199. The minimum atomic E-state index is 0.199. The lowest BCUT2D eigenvalue weighted by molar-refractivity contribution is 0.161. The van der Waals surface area contributed by atoms with Crippen molar-refractivity contribution in [2.45, 2.75) is 93.8 Å². The number of anilines is 1. The first-order valence-electron chi connectivity index (χ1n) is 17.0. The van der Waals surface area contributed by atoms with Crippen molar-refractivity contribution in [2.24, 2.45) is 5.92 Å². The van der Waals surface area contributed by atoms with Crippen LogP contribution in [0.3, 0.4) is 0 Å². The number of piperidine rings is 1. The molecule has 4 nitrogen and oxygen atoms in total. The van der Waals surface area contributed by atoms with Gasteiger partial charge >= 0.3 is 0 Å². The second-order valence-corrected chi connectivity index (χ2v) is 11.8. The lowest BCUT2D eigenvalue weighted by Gasteiger charge is -2.44. The molecule has 0 amide bonds. The van der Waals surface area contributed by atoms with E-state index < -0.39 is 0 Å². The Labute approximate surface area is 274 Å². The smallest absolute Gasteiger partial charge is 0.0689 e. The molecule has 0 bridgehead atoms. The highest BCUT2D eigenvalue weighted by atomic mass is 15.2. The third-order valence-corrected chi connectivity index (χ3v) is 9.06. The number of nitrogens with zero attached hydrogens (tertiary/aromatic N) is 3. The van der Waals surface area contributed by atoms with Gasteiger partial charge in [-0.1, -0.05) is 94.4 Å². The van der Waals surface area contributed by atoms with Gasteiger partial charge in [0, 0.05) is 35.6 Å². The Morgan fingerprint density at radius 2 is 1.38 bits per heavy atom. The van der Waals surface area contributed by atoms with Crippen molar-refractivity contribution in [3.8, 4) is 0 Å². The molecule has 4 aromatic rings. The Kier molecular flexibility index (Phi) is 14.0. The van der Waals surface area contributed by atoms with Gasteiger partial charge in [0.2, 0.25) is 0 Å². The summed E-state index contributed by atoms with van der Waals surface area (Å²) in [6, 6.07) is 30.5. The second-order valence-electron chi connectivity index (χ2n) is 11.8. The van der Waals surface area contributed by atoms with E-state index in [9.17, 15) is 0 Å². The Bertz CT molecular complexity index is 1470. The SMILES string of the molecule is CC.CC.Cc1ccccc1C(=N)c1ccc(CN2CCC(C(C)N(c3ccccc3C)C(C)c3ccccn3)CC2)cc1C. The van der Waals surface area contributed by atoms with Crippen LogP contribution < -0.4 is 4.90 Å². The van der Waals surface area contributed by atoms with E-state index in [1.807, 2.05) is 58.2 Å². The predicted octanol–water partition coefficient (Wildman–Crippen LogP) is 10.3. The summed E-state index contributed by atoms with van der Waals surface area (Å²) in [5, 5.41) is 8.81. The first-order valence-corrected chi connectivity index (χ1v) is 17.0. The van der Waals surface area contributed by atoms with E-state index in [4.69, 9.17) is 10.4 Å². The molecule has 2 atom stereocenters. The summed E-state index contributed by atoms with van der Waals surface area (Å²) in [5.41, 5.74) is 10.0. The standard InChI is InChI=1S/C37H44N4.2C2H6/c1-26-12-6-8-14-33(26)37(38)34-18-17-31(24-28(34)3)25-40-22-19-32(20-23-40)29(4)41(36-16-9-7-13-27(36)2)30(5)35-15-10-11-21-39-35;2*1-2/h6-18,21,24,29-30,32,38H,19-20,22-23,25H2,1-5H3;2*1-2H3. The number of aryl methyl sites for hydroxylation is 3. The number of aromatic nitrogens is 1. The molecule has 1 fully saturated rings. The Morgan fingerprint density at radius 1 is 0.778 bits per heavy atom. The van der Waals surface area contributed by atoms with Crippen molar-refractivity contribution in [3.05, 3.63) is 130 Å². The van der Waals surface area contributed by atoms with Crippen LogP contribution in [0.5, 0.6) is 0 Å². The van der Waals surface area contributed by atoms with Gasteiger partial charge in [0.05, 0.1) is 17.4 Å². The number of rotatable bonds is 9. The molecule has 2 unspecified atom stereocenters. The monoisotopic (exact) mass is 604 g/mol. The van der Waals surface area contributed by atoms with Crippen LogP contribution in [0.4, 0.5) is 5.69 Å². The first-order chi connectivity index (χ1) is 21.8. The molecular weight excluding hydrogens is 548 g/mol. The highest BCUT2D eigenvalue weighted by molar-refractivity contribution is 6.12. The van der Waals surface area contributed by atoms with Crippen LogP contribution >= 0.6 is 0 Å². The predicted molar refractivity (Wildman–Crippen MR) is 195 cm³/mol. The molecule has 45 heavy (non-hydrogen) atoms. The highest BCUT2D eigenvalue weighted by Gasteiger charge is 2.32. The van der Waals surface area contributed by atoms with Crippen LogP contribution in [0.1, 0.15) is 99.5 Å². The van der Waals surface area contributed by atoms with Crippen molar-refractivity contribution in [1.29, 1.82) is 5.41 Å². The van der Waals surface area contributed by atoms with Crippen molar-refractivity contribution >= 4 is 11.4 Å². The summed E-state index contributed by atoms with van der Waals surface area (Å²) in [4.78, 5) is 9.94. The van der Waals surface area contributed by atoms with E-state index >= 15 is 0 Å². The zero-order valence-electron chi connectivity index (χ0n) is 29.3. The minimum Gasteiger partial charge on any atom is -0.360 e. The van der Waals surface area contributed by atoms with Crippen LogP contribution in [0, 0.1) is 32.1 Å². The lowest BCUT2D eigenvalue weighted by Crippen LogP contribution is -2.45. The molecule has 1 saturated heterocycles. The van der Waals surface area contributed by atoms with Crippen LogP contribution in [0.2, 0.25) is 0 Å². The van der Waals surface area contributed by atoms with E-state index in [0.29, 0.717) is 17.7 Å². The molecule has 1 aliphatic heterocycles. The van der Waals surface area contributed by atoms with Gasteiger partial charge in [-0.25, -0.2) is 0 Å². The Hall–Kier alpha value is -3.76. The first kappa shape index (κ1) is 35.7. The number of nitrogens with one attached hydrogen (secondary N) is 1. The largest absolute Gasteiger partial charge is 0.360 e. The van der Waals surface area contributed by atoms with Crippen molar-refractivity contribution < 1.29 is 0 Å². The summed E-state index contributed by atoms with van der Waals surface area (Å²) in [5.74, 6) is 0.621. The van der Waals surface area contributed by atoms with Crippen LogP contribution in [-0.2, 0) is 6.54 Å². The third kappa shape index (κ3) is 8.92. The van der Waals surface area contributed by atoms with Crippen LogP contribution in [0.25, 0.3) is 0 Å². The average molecular weight is 605 g/mol. The van der Waals surface area contributed by atoms with Crippen molar-refractivity contribution in [2.75, 3.05) is 18.0 Å². The normalized spacial score (nSPS) is 14.7. The van der Waals surface area contributed by atoms with E-state index in [1.54, 1.807) is 0 Å². The fourth-order valence-electron chi connectivity index (χ4n) is 6.58. The molecule has 0 saturated carbocycles. The van der Waals surface area contributed by atoms with Gasteiger partial charge in [-0.05, 0) is 107 Å². The number of hydrogen-bond acceptors (Lipinski definition) is 4. The van der Waals surface area contributed by atoms with Gasteiger partial charge in [0.15, 0.2) is 0 Å². The number of likely N-dealkylation sites (tertiary alicyclic amines) is 1. The van der Waals surface area contributed by atoms with Crippen molar-refractivity contribution in [1.82, 2.24) is 9.88 Å². The van der Waals surface area contributed by atoms with Gasteiger partial charge in [-0.15, -0.1) is 0 Å². The quantitative estimate of drug-likeness (QED) is 0.193. The maximum atomic E-state index is 8.81. The molecule has 1 aliphatic rings. The van der Waals surface area contributed by atoms with Gasteiger partial charge in [-0.3, -0.25) is 15.3 Å². The zero-order chi connectivity index (χ0) is 32.9. The Morgan fingerprint density at radius 3 is 1.98 bits per heavy atom. The molecule has 0 radical (unpaired) electrons. The third-order valence-electron chi connectivity index (χ3n) is 9.06. The fourth-order valence-corrected chi connectivity index (χ4v) is 6.58. The Balaban J connectivity index is 0.00000133. The van der Waals surface area contributed by atoms with Crippen LogP contribution in [0.15, 0.2) is 91.1 Å². The molecule has 4 heteroatoms. The topological polar surface area (TPSA) is 43.2 Å². The number of hydrogen-bond donors (Lipinski definition) is 1. The molecule has 5 rings (SSSR count). The molecule has 1 N–H and O–H groups in total. The average Bonchev–Trinajstić information content (AvgIpc) is 3.08. The molecule has 0 spiro atoms. The summed E-state index contributed by atoms with van der Waals surface area (Å²) in [6.45, 7) is 22.3. The van der Waals surface area contributed by atoms with Crippen molar-refractivity contribution in [3.63, 3.8) is 0 Å². The molecular formula is C41H56N4. The van der Waals surface area contributed by atoms with Gasteiger partial charge in [0.25, 0.3) is 0 Å². The fraction of sp³-hybridized carbons (Fsp3) is 0.415. The maximum Gasteiger partial charge on any atom is 0.0689 e. The molecule has 1 aromatic heterocycles. The molecule has 0 aliphatic carbocycles. The van der Waals surface area contributed by atoms with E-state index in [1.165, 1.54) is 35.2 Å². The molecule has 2 heterocycles. The van der Waals surface area contributed by atoms with E-state index in [-0.39, 0.29) is 6.04 Å². The summed E-state index contributed by atoms with van der Waals surface area (Å²) in [7, 11) is 0. The molecule has 3 aromatic carbocycles. The lowest BCUT2D eigenvalue weighted by atomic mass is 9.87.